The second-order valence-electron chi connectivity index (χ2n) is 6.59. The highest BCUT2D eigenvalue weighted by Gasteiger charge is 2.34. The molecule has 2 aliphatic heterocycles. The maximum absolute atomic E-state index is 13.0. The molecule has 136 valence electrons. The quantitative estimate of drug-likeness (QED) is 0.821. The van der Waals surface area contributed by atoms with Crippen molar-refractivity contribution in [3.63, 3.8) is 0 Å². The molecular formula is C18H19N3O4S. The summed E-state index contributed by atoms with van der Waals surface area (Å²) in [4.78, 5) is 19.3. The smallest absolute Gasteiger partial charge is 0.254 e. The molecule has 0 unspecified atom stereocenters. The van der Waals surface area contributed by atoms with Crippen LogP contribution in [0.1, 0.15) is 52.9 Å². The van der Waals surface area contributed by atoms with Crippen molar-refractivity contribution in [3.05, 3.63) is 53.2 Å². The van der Waals surface area contributed by atoms with Crippen LogP contribution in [0, 0.1) is 6.92 Å². The average Bonchev–Trinajstić information content (AvgIpc) is 3.33. The molecular weight excluding hydrogens is 354 g/mol. The number of nitrogens with zero attached hydrogens (tertiary/aromatic N) is 3. The second kappa shape index (κ2) is 6.35. The van der Waals surface area contributed by atoms with Crippen molar-refractivity contribution in [2.75, 3.05) is 12.3 Å². The number of carbonyl (C=O) groups excluding carboxylic acids is 1. The van der Waals surface area contributed by atoms with E-state index >= 15 is 0 Å². The molecule has 26 heavy (non-hydrogen) atoms. The van der Waals surface area contributed by atoms with Crippen molar-refractivity contribution in [2.24, 2.45) is 0 Å². The van der Waals surface area contributed by atoms with Gasteiger partial charge in [0, 0.05) is 12.1 Å². The SMILES string of the molecule is Cc1noc([C@@H]2CCCN2C(=O)c2cccc(C3=CCCS3(=O)=O)c2)n1. The van der Waals surface area contributed by atoms with Crippen LogP contribution in [-0.4, -0.2) is 41.7 Å². The summed E-state index contributed by atoms with van der Waals surface area (Å²) in [7, 11) is -3.25. The van der Waals surface area contributed by atoms with Gasteiger partial charge in [-0.3, -0.25) is 4.79 Å². The lowest BCUT2D eigenvalue weighted by atomic mass is 10.1. The van der Waals surface area contributed by atoms with Gasteiger partial charge in [0.05, 0.1) is 10.7 Å². The minimum atomic E-state index is -3.25. The topological polar surface area (TPSA) is 93.4 Å². The van der Waals surface area contributed by atoms with Crippen LogP contribution in [0.2, 0.25) is 0 Å². The molecule has 0 N–H and O–H groups in total. The lowest BCUT2D eigenvalue weighted by molar-refractivity contribution is 0.0710. The minimum Gasteiger partial charge on any atom is -0.337 e. The summed E-state index contributed by atoms with van der Waals surface area (Å²) >= 11 is 0. The molecule has 1 aromatic heterocycles. The van der Waals surface area contributed by atoms with Gasteiger partial charge in [-0.1, -0.05) is 23.4 Å². The summed E-state index contributed by atoms with van der Waals surface area (Å²) in [6, 6.07) is 6.59. The van der Waals surface area contributed by atoms with Crippen LogP contribution in [0.5, 0.6) is 0 Å². The first kappa shape index (κ1) is 17.0. The van der Waals surface area contributed by atoms with Crippen molar-refractivity contribution in [2.45, 2.75) is 32.2 Å². The molecule has 7 nitrogen and oxygen atoms in total. The van der Waals surface area contributed by atoms with E-state index < -0.39 is 9.84 Å². The van der Waals surface area contributed by atoms with E-state index in [0.29, 0.717) is 40.7 Å². The molecule has 3 heterocycles. The van der Waals surface area contributed by atoms with Crippen molar-refractivity contribution >= 4 is 20.6 Å². The molecule has 0 saturated carbocycles. The first-order chi connectivity index (χ1) is 12.5. The molecule has 0 radical (unpaired) electrons. The van der Waals surface area contributed by atoms with Crippen molar-refractivity contribution in [1.29, 1.82) is 0 Å². The Morgan fingerprint density at radius 1 is 1.35 bits per heavy atom. The Balaban J connectivity index is 1.63. The third-order valence-electron chi connectivity index (χ3n) is 4.79. The summed E-state index contributed by atoms with van der Waals surface area (Å²) in [5.41, 5.74) is 1.03. The van der Waals surface area contributed by atoms with E-state index in [1.54, 1.807) is 42.2 Å². The number of aromatic nitrogens is 2. The van der Waals surface area contributed by atoms with E-state index in [-0.39, 0.29) is 17.7 Å². The largest absolute Gasteiger partial charge is 0.337 e. The zero-order valence-corrected chi connectivity index (χ0v) is 15.2. The van der Waals surface area contributed by atoms with Gasteiger partial charge in [-0.25, -0.2) is 8.42 Å². The standard InChI is InChI=1S/C18H19N3O4S/c1-12-19-17(25-20-12)15-7-3-9-21(15)18(22)14-6-2-5-13(11-14)16-8-4-10-26(16,23)24/h2,5-6,8,11,15H,3-4,7,9-10H2,1H3/t15-/m0/s1. The molecule has 0 bridgehead atoms. The van der Waals surface area contributed by atoms with Gasteiger partial charge in [0.2, 0.25) is 5.89 Å². The fourth-order valence-electron chi connectivity index (χ4n) is 3.57. The summed E-state index contributed by atoms with van der Waals surface area (Å²) in [6.07, 6.45) is 3.86. The van der Waals surface area contributed by atoms with Crippen LogP contribution in [0.4, 0.5) is 0 Å². The molecule has 4 rings (SSSR count). The fraction of sp³-hybridized carbons (Fsp3) is 0.389. The van der Waals surface area contributed by atoms with Crippen LogP contribution < -0.4 is 0 Å². The Bertz CT molecular complexity index is 993. The number of amides is 1. The van der Waals surface area contributed by atoms with E-state index in [2.05, 4.69) is 10.1 Å². The highest BCUT2D eigenvalue weighted by atomic mass is 32.2. The van der Waals surface area contributed by atoms with E-state index in [0.717, 1.165) is 12.8 Å². The van der Waals surface area contributed by atoms with Gasteiger partial charge in [-0.15, -0.1) is 0 Å². The second-order valence-corrected chi connectivity index (χ2v) is 8.67. The molecule has 8 heteroatoms. The van der Waals surface area contributed by atoms with Gasteiger partial charge < -0.3 is 9.42 Å². The Labute approximate surface area is 151 Å². The molecule has 1 amide bonds. The highest BCUT2D eigenvalue weighted by Crippen LogP contribution is 2.33. The Hall–Kier alpha value is -2.48. The zero-order valence-electron chi connectivity index (χ0n) is 14.4. The number of rotatable bonds is 3. The number of sulfone groups is 1. The highest BCUT2D eigenvalue weighted by molar-refractivity contribution is 8.00. The van der Waals surface area contributed by atoms with Crippen LogP contribution in [-0.2, 0) is 9.84 Å². The number of hydrogen-bond donors (Lipinski definition) is 0. The predicted octanol–water partition coefficient (Wildman–Crippen LogP) is 2.51. The third kappa shape index (κ3) is 2.94. The number of likely N-dealkylation sites (tertiary alicyclic amines) is 1. The number of carbonyl (C=O) groups is 1. The summed E-state index contributed by atoms with van der Waals surface area (Å²) in [5.74, 6) is 0.969. The van der Waals surface area contributed by atoms with Crippen LogP contribution in [0.3, 0.4) is 0 Å². The minimum absolute atomic E-state index is 0.130. The molecule has 2 aromatic rings. The lowest BCUT2D eigenvalue weighted by Gasteiger charge is -2.22. The Morgan fingerprint density at radius 2 is 2.19 bits per heavy atom. The van der Waals surface area contributed by atoms with E-state index in [1.807, 2.05) is 0 Å². The molecule has 1 fully saturated rings. The maximum Gasteiger partial charge on any atom is 0.254 e. The molecule has 1 atom stereocenters. The van der Waals surface area contributed by atoms with Crippen LogP contribution >= 0.6 is 0 Å². The number of allylic oxidation sites excluding steroid dienone is 1. The van der Waals surface area contributed by atoms with Crippen molar-refractivity contribution < 1.29 is 17.7 Å². The van der Waals surface area contributed by atoms with Gasteiger partial charge in [0.1, 0.15) is 6.04 Å². The molecule has 0 spiro atoms. The number of hydrogen-bond acceptors (Lipinski definition) is 6. The van der Waals surface area contributed by atoms with Gasteiger partial charge >= 0.3 is 0 Å². The molecule has 0 aliphatic carbocycles. The van der Waals surface area contributed by atoms with Crippen molar-refractivity contribution in [1.82, 2.24) is 15.0 Å². The van der Waals surface area contributed by atoms with Gasteiger partial charge in [0.25, 0.3) is 5.91 Å². The Morgan fingerprint density at radius 3 is 2.88 bits per heavy atom. The zero-order chi connectivity index (χ0) is 18.3. The fourth-order valence-corrected chi connectivity index (χ4v) is 5.07. The average molecular weight is 373 g/mol. The monoisotopic (exact) mass is 373 g/mol. The summed E-state index contributed by atoms with van der Waals surface area (Å²) in [5, 5.41) is 3.81. The van der Waals surface area contributed by atoms with Crippen LogP contribution in [0.15, 0.2) is 34.9 Å². The maximum atomic E-state index is 13.0. The molecule has 1 saturated heterocycles. The van der Waals surface area contributed by atoms with Gasteiger partial charge in [-0.05, 0) is 43.9 Å². The number of benzene rings is 1. The normalized spacial score (nSPS) is 21.8. The number of aryl methyl sites for hydroxylation is 1. The van der Waals surface area contributed by atoms with Crippen molar-refractivity contribution in [3.8, 4) is 0 Å². The first-order valence-electron chi connectivity index (χ1n) is 8.60. The summed E-state index contributed by atoms with van der Waals surface area (Å²) in [6.45, 7) is 2.35. The first-order valence-corrected chi connectivity index (χ1v) is 10.3. The van der Waals surface area contributed by atoms with E-state index in [9.17, 15) is 13.2 Å². The lowest BCUT2D eigenvalue weighted by Crippen LogP contribution is -2.30. The molecule has 1 aromatic carbocycles. The van der Waals surface area contributed by atoms with E-state index in [4.69, 9.17) is 4.52 Å². The Kier molecular flexibility index (Phi) is 4.14. The van der Waals surface area contributed by atoms with Gasteiger partial charge in [-0.2, -0.15) is 4.98 Å². The third-order valence-corrected chi connectivity index (χ3v) is 6.63. The van der Waals surface area contributed by atoms with Crippen LogP contribution in [0.25, 0.3) is 4.91 Å². The van der Waals surface area contributed by atoms with E-state index in [1.165, 1.54) is 0 Å². The van der Waals surface area contributed by atoms with Gasteiger partial charge in [0.15, 0.2) is 15.7 Å². The summed E-state index contributed by atoms with van der Waals surface area (Å²) < 4.78 is 29.5. The molecule has 2 aliphatic rings. The predicted molar refractivity (Wildman–Crippen MR) is 94.9 cm³/mol.